The third-order valence-electron chi connectivity index (χ3n) is 3.30. The second-order valence-corrected chi connectivity index (χ2v) is 4.87. The molecule has 1 atom stereocenters. The molecule has 1 heterocycles. The predicted molar refractivity (Wildman–Crippen MR) is 70.3 cm³/mol. The highest BCUT2D eigenvalue weighted by Crippen LogP contribution is 2.24. The van der Waals surface area contributed by atoms with E-state index in [1.165, 1.54) is 19.4 Å². The van der Waals surface area contributed by atoms with Gasteiger partial charge in [-0.1, -0.05) is 11.6 Å². The first-order chi connectivity index (χ1) is 8.20. The van der Waals surface area contributed by atoms with Crippen molar-refractivity contribution < 1.29 is 0 Å². The number of likely N-dealkylation sites (N-methyl/N-ethyl adjacent to an activating group) is 1. The molecule has 1 saturated heterocycles. The van der Waals surface area contributed by atoms with E-state index in [1.54, 1.807) is 12.1 Å². The van der Waals surface area contributed by atoms with Crippen LogP contribution < -0.4 is 5.32 Å². The molecule has 0 amide bonds. The maximum atomic E-state index is 8.75. The van der Waals surface area contributed by atoms with Gasteiger partial charge in [-0.05, 0) is 44.6 Å². The summed E-state index contributed by atoms with van der Waals surface area (Å²) in [4.78, 5) is 2.37. The lowest BCUT2D eigenvalue weighted by atomic mass is 10.2. The number of benzene rings is 1. The minimum absolute atomic E-state index is 0.585. The van der Waals surface area contributed by atoms with E-state index in [2.05, 4.69) is 23.3 Å². The number of halogens is 1. The maximum Gasteiger partial charge on any atom is 0.0992 e. The highest BCUT2D eigenvalue weighted by atomic mass is 35.5. The van der Waals surface area contributed by atoms with Crippen LogP contribution in [0.3, 0.4) is 0 Å². The van der Waals surface area contributed by atoms with Gasteiger partial charge in [0.15, 0.2) is 0 Å². The predicted octanol–water partition coefficient (Wildman–Crippen LogP) is 2.72. The van der Waals surface area contributed by atoms with Gasteiger partial charge in [0.2, 0.25) is 0 Å². The summed E-state index contributed by atoms with van der Waals surface area (Å²) in [5, 5.41) is 12.7. The van der Waals surface area contributed by atoms with Crippen molar-refractivity contribution in [2.45, 2.75) is 18.9 Å². The van der Waals surface area contributed by atoms with E-state index < -0.39 is 0 Å². The van der Waals surface area contributed by atoms with Crippen LogP contribution in [0.25, 0.3) is 0 Å². The Morgan fingerprint density at radius 2 is 2.41 bits per heavy atom. The zero-order valence-electron chi connectivity index (χ0n) is 9.91. The summed E-state index contributed by atoms with van der Waals surface area (Å²) in [6.07, 6.45) is 2.50. The van der Waals surface area contributed by atoms with Gasteiger partial charge < -0.3 is 10.2 Å². The fourth-order valence-electron chi connectivity index (χ4n) is 2.19. The molecule has 1 aliphatic rings. The van der Waals surface area contributed by atoms with Gasteiger partial charge in [-0.25, -0.2) is 0 Å². The molecule has 4 heteroatoms. The number of anilines is 1. The van der Waals surface area contributed by atoms with Crippen molar-refractivity contribution in [2.24, 2.45) is 0 Å². The van der Waals surface area contributed by atoms with Crippen LogP contribution in [-0.2, 0) is 0 Å². The fourth-order valence-corrected chi connectivity index (χ4v) is 2.44. The number of hydrogen-bond acceptors (Lipinski definition) is 3. The highest BCUT2D eigenvalue weighted by molar-refractivity contribution is 6.33. The molecule has 1 aromatic rings. The van der Waals surface area contributed by atoms with Crippen LogP contribution >= 0.6 is 11.6 Å². The molecule has 1 fully saturated rings. The maximum absolute atomic E-state index is 8.75. The standard InChI is InChI=1S/C13H16ClN3/c1-17-6-2-3-11(17)9-16-13-5-4-10(8-15)7-12(13)14/h4-5,7,11,16H,2-3,6,9H2,1H3. The molecule has 0 bridgehead atoms. The van der Waals surface area contributed by atoms with Crippen LogP contribution in [0.4, 0.5) is 5.69 Å². The van der Waals surface area contributed by atoms with Gasteiger partial charge in [0.1, 0.15) is 0 Å². The molecule has 1 aliphatic heterocycles. The topological polar surface area (TPSA) is 39.1 Å². The molecule has 1 unspecified atom stereocenters. The Hall–Kier alpha value is -1.24. The van der Waals surface area contributed by atoms with Crippen molar-refractivity contribution in [3.63, 3.8) is 0 Å². The molecular weight excluding hydrogens is 234 g/mol. The number of hydrogen-bond donors (Lipinski definition) is 1. The minimum Gasteiger partial charge on any atom is -0.382 e. The fraction of sp³-hybridized carbons (Fsp3) is 0.462. The second kappa shape index (κ2) is 5.39. The molecule has 2 rings (SSSR count). The van der Waals surface area contributed by atoms with E-state index in [4.69, 9.17) is 16.9 Å². The Kier molecular flexibility index (Phi) is 3.88. The van der Waals surface area contributed by atoms with Crippen molar-refractivity contribution in [1.29, 1.82) is 5.26 Å². The Morgan fingerprint density at radius 1 is 1.59 bits per heavy atom. The zero-order valence-corrected chi connectivity index (χ0v) is 10.7. The lowest BCUT2D eigenvalue weighted by molar-refractivity contribution is 0.322. The van der Waals surface area contributed by atoms with Crippen LogP contribution in [0.15, 0.2) is 18.2 Å². The van der Waals surface area contributed by atoms with Gasteiger partial charge in [-0.15, -0.1) is 0 Å². The molecule has 0 spiro atoms. The van der Waals surface area contributed by atoms with Crippen molar-refractivity contribution >= 4 is 17.3 Å². The van der Waals surface area contributed by atoms with Crippen molar-refractivity contribution in [3.05, 3.63) is 28.8 Å². The summed E-state index contributed by atoms with van der Waals surface area (Å²) >= 11 is 6.10. The number of nitriles is 1. The van der Waals surface area contributed by atoms with E-state index in [0.29, 0.717) is 16.6 Å². The van der Waals surface area contributed by atoms with Crippen LogP contribution in [-0.4, -0.2) is 31.1 Å². The monoisotopic (exact) mass is 249 g/mol. The van der Waals surface area contributed by atoms with Gasteiger partial charge in [0.25, 0.3) is 0 Å². The Morgan fingerprint density at radius 3 is 3.00 bits per heavy atom. The highest BCUT2D eigenvalue weighted by Gasteiger charge is 2.20. The lowest BCUT2D eigenvalue weighted by Crippen LogP contribution is -2.31. The van der Waals surface area contributed by atoms with Gasteiger partial charge in [0.05, 0.1) is 22.3 Å². The molecule has 0 radical (unpaired) electrons. The van der Waals surface area contributed by atoms with Crippen LogP contribution in [0.2, 0.25) is 5.02 Å². The summed E-state index contributed by atoms with van der Waals surface area (Å²) in [6, 6.07) is 8.02. The molecule has 1 aromatic carbocycles. The number of likely N-dealkylation sites (tertiary alicyclic amines) is 1. The average Bonchev–Trinajstić information content (AvgIpc) is 2.73. The molecular formula is C13H16ClN3. The van der Waals surface area contributed by atoms with Crippen molar-refractivity contribution in [3.8, 4) is 6.07 Å². The quantitative estimate of drug-likeness (QED) is 0.895. The first kappa shape index (κ1) is 12.2. The van der Waals surface area contributed by atoms with Crippen molar-refractivity contribution in [1.82, 2.24) is 4.90 Å². The van der Waals surface area contributed by atoms with Gasteiger partial charge in [-0.3, -0.25) is 0 Å². The van der Waals surface area contributed by atoms with Gasteiger partial charge in [0, 0.05) is 12.6 Å². The summed E-state index contributed by atoms with van der Waals surface area (Å²) < 4.78 is 0. The molecule has 90 valence electrons. The second-order valence-electron chi connectivity index (χ2n) is 4.46. The minimum atomic E-state index is 0.585. The third-order valence-corrected chi connectivity index (χ3v) is 3.61. The molecule has 0 saturated carbocycles. The number of nitrogens with one attached hydrogen (secondary N) is 1. The van der Waals surface area contributed by atoms with E-state index in [1.807, 2.05) is 6.07 Å². The first-order valence-electron chi connectivity index (χ1n) is 5.84. The summed E-state index contributed by atoms with van der Waals surface area (Å²) in [5.74, 6) is 0. The Balaban J connectivity index is 1.97. The number of nitrogens with zero attached hydrogens (tertiary/aromatic N) is 2. The summed E-state index contributed by atoms with van der Waals surface area (Å²) in [5.41, 5.74) is 1.50. The molecule has 0 aliphatic carbocycles. The van der Waals surface area contributed by atoms with Crippen LogP contribution in [0.1, 0.15) is 18.4 Å². The van der Waals surface area contributed by atoms with Gasteiger partial charge in [-0.2, -0.15) is 5.26 Å². The van der Waals surface area contributed by atoms with Crippen LogP contribution in [0, 0.1) is 11.3 Å². The molecule has 0 aromatic heterocycles. The number of rotatable bonds is 3. The lowest BCUT2D eigenvalue weighted by Gasteiger charge is -2.20. The summed E-state index contributed by atoms with van der Waals surface area (Å²) in [7, 11) is 2.15. The third kappa shape index (κ3) is 2.91. The SMILES string of the molecule is CN1CCCC1CNc1ccc(C#N)cc1Cl. The largest absolute Gasteiger partial charge is 0.382 e. The van der Waals surface area contributed by atoms with E-state index in [0.717, 1.165) is 12.2 Å². The van der Waals surface area contributed by atoms with E-state index in [-0.39, 0.29) is 0 Å². The van der Waals surface area contributed by atoms with E-state index in [9.17, 15) is 0 Å². The Bertz CT molecular complexity index is 439. The summed E-state index contributed by atoms with van der Waals surface area (Å²) in [6.45, 7) is 2.08. The van der Waals surface area contributed by atoms with E-state index >= 15 is 0 Å². The molecule has 1 N–H and O–H groups in total. The molecule has 17 heavy (non-hydrogen) atoms. The normalized spacial score (nSPS) is 20.2. The van der Waals surface area contributed by atoms with Crippen molar-refractivity contribution in [2.75, 3.05) is 25.5 Å². The average molecular weight is 250 g/mol. The molecule has 3 nitrogen and oxygen atoms in total. The van der Waals surface area contributed by atoms with Gasteiger partial charge >= 0.3 is 0 Å². The smallest absolute Gasteiger partial charge is 0.0992 e. The first-order valence-corrected chi connectivity index (χ1v) is 6.22. The Labute approximate surface area is 107 Å². The zero-order chi connectivity index (χ0) is 12.3. The van der Waals surface area contributed by atoms with Crippen LogP contribution in [0.5, 0.6) is 0 Å².